The van der Waals surface area contributed by atoms with E-state index in [0.29, 0.717) is 17.3 Å². The van der Waals surface area contributed by atoms with Crippen LogP contribution in [0.3, 0.4) is 0 Å². The summed E-state index contributed by atoms with van der Waals surface area (Å²) in [5.74, 6) is 0.756. The van der Waals surface area contributed by atoms with E-state index in [-0.39, 0.29) is 5.75 Å². The molecule has 0 amide bonds. The van der Waals surface area contributed by atoms with Crippen molar-refractivity contribution in [1.82, 2.24) is 9.97 Å². The Morgan fingerprint density at radius 1 is 1.30 bits per heavy atom. The molecule has 0 unspecified atom stereocenters. The Balaban J connectivity index is 2.00. The van der Waals surface area contributed by atoms with E-state index in [1.807, 2.05) is 0 Å². The van der Waals surface area contributed by atoms with Crippen molar-refractivity contribution < 1.29 is 17.9 Å². The minimum absolute atomic E-state index is 0.185. The summed E-state index contributed by atoms with van der Waals surface area (Å²) >= 11 is 0. The highest BCUT2D eigenvalue weighted by Gasteiger charge is 2.35. The summed E-state index contributed by atoms with van der Waals surface area (Å²) in [6.07, 6.45) is -0.534. The Kier molecular flexibility index (Phi) is 2.96. The number of halogens is 3. The molecule has 1 aliphatic carbocycles. The lowest BCUT2D eigenvalue weighted by Gasteiger charge is -2.12. The third kappa shape index (κ3) is 2.37. The van der Waals surface area contributed by atoms with Crippen LogP contribution < -0.4 is 4.74 Å². The second-order valence-corrected chi connectivity index (χ2v) is 4.87. The smallest absolute Gasteiger partial charge is 0.419 e. The van der Waals surface area contributed by atoms with Crippen molar-refractivity contribution in [3.05, 3.63) is 35.7 Å². The molecular weight excluding hydrogens is 269 g/mol. The zero-order valence-electron chi connectivity index (χ0n) is 10.8. The lowest BCUT2D eigenvalue weighted by Crippen LogP contribution is -2.07. The molecule has 1 heterocycles. The van der Waals surface area contributed by atoms with Crippen LogP contribution in [0.5, 0.6) is 5.75 Å². The molecule has 106 valence electrons. The Labute approximate surface area is 113 Å². The summed E-state index contributed by atoms with van der Waals surface area (Å²) in [6.45, 7) is 0. The second kappa shape index (κ2) is 4.54. The van der Waals surface area contributed by atoms with Gasteiger partial charge in [0.15, 0.2) is 0 Å². The molecule has 3 nitrogen and oxygen atoms in total. The molecule has 0 saturated heterocycles. The van der Waals surface area contributed by atoms with Crippen LogP contribution in [0.4, 0.5) is 13.2 Å². The molecule has 6 heteroatoms. The van der Waals surface area contributed by atoms with Crippen LogP contribution in [-0.2, 0) is 6.18 Å². The molecule has 1 aliphatic rings. The number of nitrogens with one attached hydrogen (secondary N) is 1. The van der Waals surface area contributed by atoms with E-state index in [1.165, 1.54) is 13.2 Å². The standard InChI is InChI=1S/C14H13F3N2O/c1-20-12-5-4-9(6-10(12)14(15,16)17)13-18-7-11(19-13)8-2-3-8/h4-8H,2-3H2,1H3,(H,18,19). The number of hydrogen-bond acceptors (Lipinski definition) is 2. The molecule has 0 radical (unpaired) electrons. The molecule has 1 fully saturated rings. The van der Waals surface area contributed by atoms with E-state index >= 15 is 0 Å². The first-order valence-corrected chi connectivity index (χ1v) is 6.29. The number of imidazole rings is 1. The van der Waals surface area contributed by atoms with Gasteiger partial charge < -0.3 is 9.72 Å². The van der Waals surface area contributed by atoms with E-state index in [0.717, 1.165) is 24.6 Å². The summed E-state index contributed by atoms with van der Waals surface area (Å²) in [5.41, 5.74) is 0.608. The van der Waals surface area contributed by atoms with E-state index in [1.54, 1.807) is 12.3 Å². The van der Waals surface area contributed by atoms with Crippen LogP contribution in [0, 0.1) is 0 Å². The normalized spacial score (nSPS) is 15.4. The average Bonchev–Trinajstić information content (AvgIpc) is 3.15. The Morgan fingerprint density at radius 2 is 2.05 bits per heavy atom. The van der Waals surface area contributed by atoms with Crippen LogP contribution in [0.1, 0.15) is 30.0 Å². The van der Waals surface area contributed by atoms with Gasteiger partial charge in [-0.1, -0.05) is 0 Å². The fourth-order valence-corrected chi connectivity index (χ4v) is 2.16. The Morgan fingerprint density at radius 3 is 2.65 bits per heavy atom. The van der Waals surface area contributed by atoms with Crippen molar-refractivity contribution in [3.8, 4) is 17.1 Å². The van der Waals surface area contributed by atoms with Crippen molar-refractivity contribution in [2.45, 2.75) is 24.9 Å². The SMILES string of the molecule is COc1ccc(-c2ncc(C3CC3)[nH]2)cc1C(F)(F)F. The number of ether oxygens (including phenoxy) is 1. The predicted molar refractivity (Wildman–Crippen MR) is 67.6 cm³/mol. The van der Waals surface area contributed by atoms with Crippen molar-refractivity contribution in [3.63, 3.8) is 0 Å². The van der Waals surface area contributed by atoms with Crippen LogP contribution >= 0.6 is 0 Å². The first kappa shape index (κ1) is 13.0. The van der Waals surface area contributed by atoms with Gasteiger partial charge in [-0.3, -0.25) is 0 Å². The molecule has 3 rings (SSSR count). The summed E-state index contributed by atoms with van der Waals surface area (Å²) in [4.78, 5) is 7.25. The monoisotopic (exact) mass is 282 g/mol. The molecule has 0 atom stereocenters. The Bertz CT molecular complexity index is 630. The number of aromatic nitrogens is 2. The van der Waals surface area contributed by atoms with Gasteiger partial charge in [0.25, 0.3) is 0 Å². The number of rotatable bonds is 3. The van der Waals surface area contributed by atoms with Crippen molar-refractivity contribution in [2.24, 2.45) is 0 Å². The largest absolute Gasteiger partial charge is 0.496 e. The fraction of sp³-hybridized carbons (Fsp3) is 0.357. The first-order valence-electron chi connectivity index (χ1n) is 6.29. The molecule has 0 spiro atoms. The minimum Gasteiger partial charge on any atom is -0.496 e. The number of H-pyrrole nitrogens is 1. The third-order valence-electron chi connectivity index (χ3n) is 3.39. The minimum atomic E-state index is -4.45. The van der Waals surface area contributed by atoms with Gasteiger partial charge in [0.2, 0.25) is 0 Å². The highest BCUT2D eigenvalue weighted by Crippen LogP contribution is 2.41. The van der Waals surface area contributed by atoms with E-state index in [4.69, 9.17) is 4.74 Å². The van der Waals surface area contributed by atoms with Crippen molar-refractivity contribution in [2.75, 3.05) is 7.11 Å². The summed E-state index contributed by atoms with van der Waals surface area (Å²) in [7, 11) is 1.22. The number of hydrogen-bond donors (Lipinski definition) is 1. The molecule has 1 aromatic carbocycles. The molecule has 1 aromatic heterocycles. The lowest BCUT2D eigenvalue weighted by atomic mass is 10.1. The Hall–Kier alpha value is -1.98. The van der Waals surface area contributed by atoms with Crippen LogP contribution in [0.2, 0.25) is 0 Å². The van der Waals surface area contributed by atoms with Gasteiger partial charge in [-0.15, -0.1) is 0 Å². The first-order chi connectivity index (χ1) is 9.49. The summed E-state index contributed by atoms with van der Waals surface area (Å²) in [6, 6.07) is 3.95. The lowest BCUT2D eigenvalue weighted by molar-refractivity contribution is -0.138. The summed E-state index contributed by atoms with van der Waals surface area (Å²) < 4.78 is 43.7. The van der Waals surface area contributed by atoms with Gasteiger partial charge in [-0.2, -0.15) is 13.2 Å². The highest BCUT2D eigenvalue weighted by molar-refractivity contribution is 5.60. The molecule has 1 N–H and O–H groups in total. The second-order valence-electron chi connectivity index (χ2n) is 4.87. The predicted octanol–water partition coefficient (Wildman–Crippen LogP) is 3.98. The molecule has 2 aromatic rings. The average molecular weight is 282 g/mol. The van der Waals surface area contributed by atoms with Gasteiger partial charge in [0.1, 0.15) is 11.6 Å². The molecule has 1 saturated carbocycles. The van der Waals surface area contributed by atoms with Gasteiger partial charge >= 0.3 is 6.18 Å². The van der Waals surface area contributed by atoms with E-state index < -0.39 is 11.7 Å². The van der Waals surface area contributed by atoms with Gasteiger partial charge in [0.05, 0.1) is 12.7 Å². The zero-order chi connectivity index (χ0) is 14.3. The molecule has 0 aliphatic heterocycles. The maximum atomic E-state index is 13.0. The number of alkyl halides is 3. The number of methoxy groups -OCH3 is 1. The van der Waals surface area contributed by atoms with Gasteiger partial charge in [-0.05, 0) is 31.0 Å². The number of nitrogens with zero attached hydrogens (tertiary/aromatic N) is 1. The zero-order valence-corrected chi connectivity index (χ0v) is 10.8. The van der Waals surface area contributed by atoms with Crippen molar-refractivity contribution >= 4 is 0 Å². The van der Waals surface area contributed by atoms with Crippen LogP contribution in [-0.4, -0.2) is 17.1 Å². The van der Waals surface area contributed by atoms with Gasteiger partial charge in [-0.25, -0.2) is 4.98 Å². The molecule has 0 bridgehead atoms. The van der Waals surface area contributed by atoms with E-state index in [2.05, 4.69) is 9.97 Å². The highest BCUT2D eigenvalue weighted by atomic mass is 19.4. The summed E-state index contributed by atoms with van der Waals surface area (Å²) in [5, 5.41) is 0. The molecular formula is C14H13F3N2O. The van der Waals surface area contributed by atoms with E-state index in [9.17, 15) is 13.2 Å². The van der Waals surface area contributed by atoms with Crippen LogP contribution in [0.15, 0.2) is 24.4 Å². The van der Waals surface area contributed by atoms with Gasteiger partial charge in [0, 0.05) is 23.4 Å². The number of aromatic amines is 1. The van der Waals surface area contributed by atoms with Crippen LogP contribution in [0.25, 0.3) is 11.4 Å². The fourth-order valence-electron chi connectivity index (χ4n) is 2.16. The molecule has 20 heavy (non-hydrogen) atoms. The number of benzene rings is 1. The maximum Gasteiger partial charge on any atom is 0.419 e. The quantitative estimate of drug-likeness (QED) is 0.924. The third-order valence-corrected chi connectivity index (χ3v) is 3.39. The maximum absolute atomic E-state index is 13.0. The van der Waals surface area contributed by atoms with Crippen molar-refractivity contribution in [1.29, 1.82) is 0 Å². The topological polar surface area (TPSA) is 37.9 Å².